The summed E-state index contributed by atoms with van der Waals surface area (Å²) >= 11 is 0. The van der Waals surface area contributed by atoms with Crippen LogP contribution in [0, 0.1) is 5.82 Å². The number of halogens is 4. The normalized spacial score (nSPS) is 13.9. The fourth-order valence-corrected chi connectivity index (χ4v) is 2.33. The third-order valence-corrected chi connectivity index (χ3v) is 3.54. The van der Waals surface area contributed by atoms with Gasteiger partial charge in [-0.3, -0.25) is 4.79 Å². The zero-order valence-electron chi connectivity index (χ0n) is 12.8. The lowest BCUT2D eigenvalue weighted by Crippen LogP contribution is -2.14. The highest BCUT2D eigenvalue weighted by Gasteiger charge is 2.34. The first-order chi connectivity index (χ1) is 11.8. The number of ether oxygens (including phenoxy) is 2. The van der Waals surface area contributed by atoms with Gasteiger partial charge in [0, 0.05) is 17.7 Å². The summed E-state index contributed by atoms with van der Waals surface area (Å²) in [6.07, 6.45) is -4.15. The Balaban J connectivity index is 1.82. The maximum absolute atomic E-state index is 13.3. The molecule has 3 rings (SSSR count). The van der Waals surface area contributed by atoms with Crippen LogP contribution in [-0.4, -0.2) is 19.1 Å². The second-order valence-corrected chi connectivity index (χ2v) is 5.36. The van der Waals surface area contributed by atoms with Gasteiger partial charge in [0.15, 0.2) is 11.5 Å². The van der Waals surface area contributed by atoms with E-state index in [1.165, 1.54) is 12.1 Å². The smallest absolute Gasteiger partial charge is 0.419 e. The molecule has 1 heterocycles. The highest BCUT2D eigenvalue weighted by Crippen LogP contribution is 2.34. The number of benzene rings is 2. The molecule has 2 aromatic carbocycles. The Bertz CT molecular complexity index is 805. The summed E-state index contributed by atoms with van der Waals surface area (Å²) < 4.78 is 62.4. The van der Waals surface area contributed by atoms with Gasteiger partial charge >= 0.3 is 6.18 Å². The molecule has 132 valence electrons. The minimum absolute atomic E-state index is 0.161. The molecule has 4 nitrogen and oxygen atoms in total. The number of hydrogen-bond acceptors (Lipinski definition) is 3. The van der Waals surface area contributed by atoms with Gasteiger partial charge < -0.3 is 14.8 Å². The molecular weight excluding hydrogens is 342 g/mol. The lowest BCUT2D eigenvalue weighted by molar-refractivity contribution is -0.139. The van der Waals surface area contributed by atoms with E-state index >= 15 is 0 Å². The Hall–Kier alpha value is -2.77. The van der Waals surface area contributed by atoms with Gasteiger partial charge in [-0.25, -0.2) is 4.39 Å². The van der Waals surface area contributed by atoms with Crippen LogP contribution < -0.4 is 14.8 Å². The van der Waals surface area contributed by atoms with Gasteiger partial charge in [-0.15, -0.1) is 0 Å². The van der Waals surface area contributed by atoms with Crippen molar-refractivity contribution >= 4 is 11.6 Å². The molecular formula is C17H13F4NO3. The number of carbonyl (C=O) groups is 1. The summed E-state index contributed by atoms with van der Waals surface area (Å²) in [6.45, 7) is 0.930. The van der Waals surface area contributed by atoms with Crippen molar-refractivity contribution in [3.63, 3.8) is 0 Å². The van der Waals surface area contributed by atoms with Gasteiger partial charge in [-0.2, -0.15) is 13.2 Å². The molecule has 2 aromatic rings. The van der Waals surface area contributed by atoms with Crippen LogP contribution in [0.2, 0.25) is 0 Å². The molecule has 8 heteroatoms. The highest BCUT2D eigenvalue weighted by atomic mass is 19.4. The first-order valence-electron chi connectivity index (χ1n) is 7.42. The van der Waals surface area contributed by atoms with Gasteiger partial charge in [-0.1, -0.05) is 0 Å². The predicted molar refractivity (Wildman–Crippen MR) is 81.4 cm³/mol. The summed E-state index contributed by atoms with van der Waals surface area (Å²) in [4.78, 5) is 12.2. The zero-order valence-corrected chi connectivity index (χ0v) is 12.8. The Morgan fingerprint density at radius 1 is 1.00 bits per heavy atom. The molecule has 0 fully saturated rings. The molecule has 0 unspecified atom stereocenters. The number of anilines is 1. The molecule has 1 aliphatic heterocycles. The summed E-state index contributed by atoms with van der Waals surface area (Å²) in [5.74, 6) is -1.16. The molecule has 1 amide bonds. The third-order valence-electron chi connectivity index (χ3n) is 3.54. The van der Waals surface area contributed by atoms with E-state index < -0.39 is 23.5 Å². The van der Waals surface area contributed by atoms with E-state index in [-0.39, 0.29) is 11.3 Å². The van der Waals surface area contributed by atoms with Crippen LogP contribution in [0.5, 0.6) is 11.5 Å². The number of hydrogen-bond donors (Lipinski definition) is 1. The van der Waals surface area contributed by atoms with Gasteiger partial charge in [0.05, 0.1) is 18.8 Å². The van der Waals surface area contributed by atoms with Crippen molar-refractivity contribution in [3.8, 4) is 11.5 Å². The number of alkyl halides is 3. The van der Waals surface area contributed by atoms with Crippen molar-refractivity contribution in [3.05, 3.63) is 53.3 Å². The number of fused-ring (bicyclic) bond motifs is 1. The van der Waals surface area contributed by atoms with Crippen LogP contribution in [0.15, 0.2) is 36.4 Å². The van der Waals surface area contributed by atoms with Gasteiger partial charge in [0.2, 0.25) is 0 Å². The number of amides is 1. The van der Waals surface area contributed by atoms with Crippen LogP contribution in [0.3, 0.4) is 0 Å². The number of nitrogens with one attached hydrogen (secondary N) is 1. The van der Waals surface area contributed by atoms with E-state index in [1.54, 1.807) is 6.07 Å². The minimum Gasteiger partial charge on any atom is -0.490 e. The lowest BCUT2D eigenvalue weighted by Gasteiger charge is -2.12. The SMILES string of the molecule is O=C(Nc1ccc(F)c(C(F)(F)F)c1)c1ccc2c(c1)OCCCO2. The van der Waals surface area contributed by atoms with Crippen molar-refractivity contribution in [2.75, 3.05) is 18.5 Å². The molecule has 1 aliphatic rings. The van der Waals surface area contributed by atoms with Crippen LogP contribution in [-0.2, 0) is 6.18 Å². The van der Waals surface area contributed by atoms with Crippen molar-refractivity contribution in [1.29, 1.82) is 0 Å². The number of rotatable bonds is 2. The van der Waals surface area contributed by atoms with Crippen molar-refractivity contribution < 1.29 is 31.8 Å². The fourth-order valence-electron chi connectivity index (χ4n) is 2.33. The lowest BCUT2D eigenvalue weighted by atomic mass is 10.1. The molecule has 0 aliphatic carbocycles. The molecule has 0 atom stereocenters. The Morgan fingerprint density at radius 3 is 2.44 bits per heavy atom. The summed E-state index contributed by atoms with van der Waals surface area (Å²) in [7, 11) is 0. The second kappa shape index (κ2) is 6.62. The van der Waals surface area contributed by atoms with E-state index in [4.69, 9.17) is 9.47 Å². The van der Waals surface area contributed by atoms with Gasteiger partial charge in [-0.05, 0) is 36.4 Å². The monoisotopic (exact) mass is 355 g/mol. The molecule has 0 saturated carbocycles. The summed E-state index contributed by atoms with van der Waals surface area (Å²) in [5, 5.41) is 2.32. The first kappa shape index (κ1) is 17.1. The minimum atomic E-state index is -4.85. The molecule has 0 bridgehead atoms. The Kier molecular flexibility index (Phi) is 4.52. The molecule has 0 spiro atoms. The van der Waals surface area contributed by atoms with Crippen molar-refractivity contribution in [2.24, 2.45) is 0 Å². The topological polar surface area (TPSA) is 47.6 Å². The first-order valence-corrected chi connectivity index (χ1v) is 7.42. The Morgan fingerprint density at radius 2 is 1.72 bits per heavy atom. The molecule has 0 radical (unpaired) electrons. The maximum Gasteiger partial charge on any atom is 0.419 e. The summed E-state index contributed by atoms with van der Waals surface area (Å²) in [6, 6.07) is 6.75. The van der Waals surface area contributed by atoms with Gasteiger partial charge in [0.25, 0.3) is 5.91 Å². The quantitative estimate of drug-likeness (QED) is 0.819. The van der Waals surface area contributed by atoms with Crippen molar-refractivity contribution in [2.45, 2.75) is 12.6 Å². The Labute approximate surface area is 140 Å². The molecule has 0 saturated heterocycles. The average Bonchev–Trinajstić information content (AvgIpc) is 2.80. The fraction of sp³-hybridized carbons (Fsp3) is 0.235. The van der Waals surface area contributed by atoms with Crippen LogP contribution in [0.1, 0.15) is 22.3 Å². The second-order valence-electron chi connectivity index (χ2n) is 5.36. The van der Waals surface area contributed by atoms with E-state index in [0.717, 1.165) is 6.07 Å². The third kappa shape index (κ3) is 3.84. The highest BCUT2D eigenvalue weighted by molar-refractivity contribution is 6.04. The van der Waals surface area contributed by atoms with Crippen LogP contribution in [0.4, 0.5) is 23.2 Å². The van der Waals surface area contributed by atoms with E-state index in [2.05, 4.69) is 5.32 Å². The van der Waals surface area contributed by atoms with E-state index in [9.17, 15) is 22.4 Å². The maximum atomic E-state index is 13.3. The van der Waals surface area contributed by atoms with Gasteiger partial charge in [0.1, 0.15) is 5.82 Å². The van der Waals surface area contributed by atoms with E-state index in [1.807, 2.05) is 0 Å². The van der Waals surface area contributed by atoms with Crippen molar-refractivity contribution in [1.82, 2.24) is 0 Å². The predicted octanol–water partition coefficient (Wildman–Crippen LogP) is 4.26. The summed E-state index contributed by atoms with van der Waals surface area (Å²) in [5.41, 5.74) is -1.42. The van der Waals surface area contributed by atoms with E-state index in [0.29, 0.717) is 43.3 Å². The standard InChI is InChI=1S/C17H13F4NO3/c18-13-4-3-11(9-12(13)17(19,20)21)22-16(23)10-2-5-14-15(8-10)25-7-1-6-24-14/h2-5,8-9H,1,6-7H2,(H,22,23). The average molecular weight is 355 g/mol. The molecule has 25 heavy (non-hydrogen) atoms. The molecule has 0 aromatic heterocycles. The van der Waals surface area contributed by atoms with Crippen LogP contribution in [0.25, 0.3) is 0 Å². The molecule has 1 N–H and O–H groups in total. The van der Waals surface area contributed by atoms with Crippen LogP contribution >= 0.6 is 0 Å². The zero-order chi connectivity index (χ0) is 18.0. The number of carbonyl (C=O) groups excluding carboxylic acids is 1. The largest absolute Gasteiger partial charge is 0.490 e.